The van der Waals surface area contributed by atoms with Gasteiger partial charge in [0.1, 0.15) is 5.75 Å². The van der Waals surface area contributed by atoms with Gasteiger partial charge in [0.25, 0.3) is 5.91 Å². The highest BCUT2D eigenvalue weighted by molar-refractivity contribution is 5.95. The molecule has 3 rings (SSSR count). The second kappa shape index (κ2) is 9.32. The Kier molecular flexibility index (Phi) is 6.60. The predicted molar refractivity (Wildman–Crippen MR) is 115 cm³/mol. The predicted octanol–water partition coefficient (Wildman–Crippen LogP) is 4.92. The van der Waals surface area contributed by atoms with Crippen LogP contribution in [0.25, 0.3) is 10.8 Å². The van der Waals surface area contributed by atoms with Crippen molar-refractivity contribution in [3.63, 3.8) is 0 Å². The van der Waals surface area contributed by atoms with E-state index in [4.69, 9.17) is 14.2 Å². The van der Waals surface area contributed by atoms with Gasteiger partial charge in [-0.25, -0.2) is 0 Å². The van der Waals surface area contributed by atoms with Crippen LogP contribution in [0.2, 0.25) is 0 Å². The second-order valence-electron chi connectivity index (χ2n) is 6.74. The van der Waals surface area contributed by atoms with Crippen LogP contribution in [0.3, 0.4) is 0 Å². The van der Waals surface area contributed by atoms with E-state index < -0.39 is 0 Å². The van der Waals surface area contributed by atoms with E-state index in [0.717, 1.165) is 22.1 Å². The quantitative estimate of drug-likeness (QED) is 0.545. The van der Waals surface area contributed by atoms with Gasteiger partial charge in [-0.15, -0.1) is 0 Å². The third-order valence-corrected chi connectivity index (χ3v) is 4.67. The third-order valence-electron chi connectivity index (χ3n) is 4.67. The monoisotopic (exact) mass is 393 g/mol. The van der Waals surface area contributed by atoms with Gasteiger partial charge in [0.2, 0.25) is 0 Å². The number of amides is 1. The summed E-state index contributed by atoms with van der Waals surface area (Å²) in [7, 11) is 3.46. The lowest BCUT2D eigenvalue weighted by Gasteiger charge is -2.19. The summed E-state index contributed by atoms with van der Waals surface area (Å²) in [6.07, 6.45) is 0. The molecule has 3 aromatic rings. The van der Waals surface area contributed by atoms with Gasteiger partial charge >= 0.3 is 0 Å². The Bertz CT molecular complexity index is 999. The van der Waals surface area contributed by atoms with Crippen molar-refractivity contribution >= 4 is 16.7 Å². The van der Waals surface area contributed by atoms with E-state index in [1.807, 2.05) is 38.1 Å². The van der Waals surface area contributed by atoms with Gasteiger partial charge < -0.3 is 19.1 Å². The smallest absolute Gasteiger partial charge is 0.254 e. The lowest BCUT2D eigenvalue weighted by Crippen LogP contribution is -2.26. The van der Waals surface area contributed by atoms with Gasteiger partial charge in [-0.3, -0.25) is 4.79 Å². The first-order valence-corrected chi connectivity index (χ1v) is 9.77. The molecule has 0 saturated heterocycles. The fraction of sp³-hybridized carbons (Fsp3) is 0.292. The zero-order valence-corrected chi connectivity index (χ0v) is 17.4. The van der Waals surface area contributed by atoms with Gasteiger partial charge in [0.05, 0.1) is 20.3 Å². The standard InChI is InChI=1S/C24H27NO4/c1-5-28-22-12-10-20(15-23(22)29-6-2)24(26)25(3)16-17-7-8-19-14-21(27-4)11-9-18(19)13-17/h7-15H,5-6,16H2,1-4H3. The zero-order chi connectivity index (χ0) is 20.8. The van der Waals surface area contributed by atoms with Gasteiger partial charge in [-0.1, -0.05) is 18.2 Å². The van der Waals surface area contributed by atoms with Crippen LogP contribution in [-0.2, 0) is 6.54 Å². The van der Waals surface area contributed by atoms with Crippen LogP contribution < -0.4 is 14.2 Å². The first kappa shape index (κ1) is 20.5. The van der Waals surface area contributed by atoms with E-state index in [1.54, 1.807) is 37.3 Å². The van der Waals surface area contributed by atoms with E-state index in [0.29, 0.717) is 36.8 Å². The maximum atomic E-state index is 12.9. The Labute approximate surface area is 171 Å². The first-order valence-electron chi connectivity index (χ1n) is 9.77. The van der Waals surface area contributed by atoms with Crippen LogP contribution in [0.5, 0.6) is 17.2 Å². The molecular weight excluding hydrogens is 366 g/mol. The van der Waals surface area contributed by atoms with E-state index in [-0.39, 0.29) is 5.91 Å². The van der Waals surface area contributed by atoms with Crippen LogP contribution in [0, 0.1) is 0 Å². The van der Waals surface area contributed by atoms with Crippen LogP contribution in [0.15, 0.2) is 54.6 Å². The Hall–Kier alpha value is -3.21. The summed E-state index contributed by atoms with van der Waals surface area (Å²) in [4.78, 5) is 14.6. The minimum atomic E-state index is -0.0659. The molecule has 0 aliphatic rings. The summed E-state index contributed by atoms with van der Waals surface area (Å²) in [5, 5.41) is 2.22. The topological polar surface area (TPSA) is 48.0 Å². The number of carbonyl (C=O) groups is 1. The zero-order valence-electron chi connectivity index (χ0n) is 17.4. The summed E-state index contributed by atoms with van der Waals surface area (Å²) in [5.74, 6) is 2.01. The van der Waals surface area contributed by atoms with Crippen LogP contribution in [0.4, 0.5) is 0 Å². The number of benzene rings is 3. The molecule has 0 saturated carbocycles. The van der Waals surface area contributed by atoms with Crippen LogP contribution in [-0.4, -0.2) is 38.2 Å². The van der Waals surface area contributed by atoms with Crippen molar-refractivity contribution in [2.24, 2.45) is 0 Å². The van der Waals surface area contributed by atoms with Gasteiger partial charge in [0, 0.05) is 19.2 Å². The maximum absolute atomic E-state index is 12.9. The number of ether oxygens (including phenoxy) is 3. The molecule has 5 heteroatoms. The normalized spacial score (nSPS) is 10.6. The molecule has 0 fully saturated rings. The van der Waals surface area contributed by atoms with E-state index in [1.165, 1.54) is 0 Å². The largest absolute Gasteiger partial charge is 0.497 e. The SMILES string of the molecule is CCOc1ccc(C(=O)N(C)Cc2ccc3cc(OC)ccc3c2)cc1OCC. The van der Waals surface area contributed by atoms with E-state index in [9.17, 15) is 4.79 Å². The lowest BCUT2D eigenvalue weighted by atomic mass is 10.1. The molecule has 29 heavy (non-hydrogen) atoms. The second-order valence-corrected chi connectivity index (χ2v) is 6.74. The van der Waals surface area contributed by atoms with Crippen LogP contribution in [0.1, 0.15) is 29.8 Å². The van der Waals surface area contributed by atoms with Crippen molar-refractivity contribution in [2.45, 2.75) is 20.4 Å². The molecule has 0 spiro atoms. The average molecular weight is 393 g/mol. The molecule has 0 bridgehead atoms. The molecule has 1 amide bonds. The molecule has 0 atom stereocenters. The summed E-state index contributed by atoms with van der Waals surface area (Å²) in [6.45, 7) is 5.39. The lowest BCUT2D eigenvalue weighted by molar-refractivity contribution is 0.0784. The molecule has 0 radical (unpaired) electrons. The Balaban J connectivity index is 1.78. The summed E-state index contributed by atoms with van der Waals surface area (Å²) < 4.78 is 16.5. The minimum absolute atomic E-state index is 0.0659. The summed E-state index contributed by atoms with van der Waals surface area (Å²) in [6, 6.07) is 17.5. The van der Waals surface area contributed by atoms with Crippen LogP contribution >= 0.6 is 0 Å². The molecular formula is C24H27NO4. The maximum Gasteiger partial charge on any atom is 0.254 e. The Morgan fingerprint density at radius 2 is 1.55 bits per heavy atom. The van der Waals surface area contributed by atoms with Crippen molar-refractivity contribution in [1.29, 1.82) is 0 Å². The highest BCUT2D eigenvalue weighted by Crippen LogP contribution is 2.29. The minimum Gasteiger partial charge on any atom is -0.497 e. The average Bonchev–Trinajstić information content (AvgIpc) is 2.74. The number of fused-ring (bicyclic) bond motifs is 1. The number of rotatable bonds is 8. The van der Waals surface area contributed by atoms with E-state index in [2.05, 4.69) is 12.1 Å². The molecule has 152 valence electrons. The molecule has 5 nitrogen and oxygen atoms in total. The third kappa shape index (κ3) is 4.80. The van der Waals surface area contributed by atoms with Crippen molar-refractivity contribution < 1.29 is 19.0 Å². The molecule has 0 aromatic heterocycles. The number of methoxy groups -OCH3 is 1. The molecule has 0 unspecified atom stereocenters. The highest BCUT2D eigenvalue weighted by Gasteiger charge is 2.16. The van der Waals surface area contributed by atoms with Crippen molar-refractivity contribution in [3.8, 4) is 17.2 Å². The number of carbonyl (C=O) groups excluding carboxylic acids is 1. The van der Waals surface area contributed by atoms with Crippen molar-refractivity contribution in [3.05, 3.63) is 65.7 Å². The van der Waals surface area contributed by atoms with Gasteiger partial charge in [-0.05, 0) is 66.6 Å². The fourth-order valence-corrected chi connectivity index (χ4v) is 3.25. The first-order chi connectivity index (χ1) is 14.0. The molecule has 0 aliphatic carbocycles. The number of nitrogens with zero attached hydrogens (tertiary/aromatic N) is 1. The highest BCUT2D eigenvalue weighted by atomic mass is 16.5. The number of hydrogen-bond donors (Lipinski definition) is 0. The van der Waals surface area contributed by atoms with Gasteiger partial charge in [-0.2, -0.15) is 0 Å². The van der Waals surface area contributed by atoms with E-state index >= 15 is 0 Å². The fourth-order valence-electron chi connectivity index (χ4n) is 3.25. The molecule has 0 N–H and O–H groups in total. The Morgan fingerprint density at radius 1 is 0.862 bits per heavy atom. The summed E-state index contributed by atoms with van der Waals surface area (Å²) >= 11 is 0. The molecule has 0 heterocycles. The van der Waals surface area contributed by atoms with Crippen molar-refractivity contribution in [2.75, 3.05) is 27.4 Å². The molecule has 3 aromatic carbocycles. The number of hydrogen-bond acceptors (Lipinski definition) is 4. The Morgan fingerprint density at radius 3 is 2.28 bits per heavy atom. The summed E-state index contributed by atoms with van der Waals surface area (Å²) in [5.41, 5.74) is 1.64. The van der Waals surface area contributed by atoms with Crippen molar-refractivity contribution in [1.82, 2.24) is 4.90 Å². The molecule has 0 aliphatic heterocycles. The van der Waals surface area contributed by atoms with Gasteiger partial charge in [0.15, 0.2) is 11.5 Å².